The number of halogens is 1. The highest BCUT2D eigenvalue weighted by molar-refractivity contribution is 6.32. The van der Waals surface area contributed by atoms with Gasteiger partial charge in [0, 0.05) is 11.1 Å². The lowest BCUT2D eigenvalue weighted by molar-refractivity contribution is -0.118. The molecule has 0 radical (unpaired) electrons. The molecule has 0 aliphatic carbocycles. The summed E-state index contributed by atoms with van der Waals surface area (Å²) in [6, 6.07) is 27.1. The molecule has 0 spiro atoms. The van der Waals surface area contributed by atoms with Gasteiger partial charge in [-0.3, -0.25) is 9.59 Å². The van der Waals surface area contributed by atoms with E-state index < -0.39 is 0 Å². The van der Waals surface area contributed by atoms with Crippen molar-refractivity contribution in [2.45, 2.75) is 6.92 Å². The van der Waals surface area contributed by atoms with Gasteiger partial charge in [-0.05, 0) is 60.5 Å². The van der Waals surface area contributed by atoms with Crippen molar-refractivity contribution >= 4 is 51.3 Å². The Balaban J connectivity index is 1.31. The average Bonchev–Trinajstić information content (AvgIpc) is 3.45. The number of fused-ring (bicyclic) bond motifs is 2. The van der Waals surface area contributed by atoms with Gasteiger partial charge in [0.15, 0.2) is 23.9 Å². The Morgan fingerprint density at radius 3 is 2.63 bits per heavy atom. The molecule has 0 bridgehead atoms. The Bertz CT molecular complexity index is 2050. The summed E-state index contributed by atoms with van der Waals surface area (Å²) in [6.45, 7) is 1.62. The summed E-state index contributed by atoms with van der Waals surface area (Å²) >= 11 is 6.55. The molecule has 1 N–H and O–H groups in total. The molecule has 6 aromatic rings. The van der Waals surface area contributed by atoms with Crippen molar-refractivity contribution in [3.05, 3.63) is 117 Å². The second-order valence-corrected chi connectivity index (χ2v) is 10.1. The summed E-state index contributed by atoms with van der Waals surface area (Å²) in [5.74, 6) is 0.783. The van der Waals surface area contributed by atoms with Crippen LogP contribution in [0.25, 0.3) is 33.5 Å². The molecule has 10 heteroatoms. The first-order valence-corrected chi connectivity index (χ1v) is 13.7. The van der Waals surface area contributed by atoms with E-state index >= 15 is 0 Å². The number of methoxy groups -OCH3 is 1. The molecule has 43 heavy (non-hydrogen) atoms. The normalized spacial score (nSPS) is 11.3. The van der Waals surface area contributed by atoms with Crippen molar-refractivity contribution in [3.8, 4) is 23.1 Å². The zero-order chi connectivity index (χ0) is 29.9. The minimum atomic E-state index is -0.366. The monoisotopic (exact) mass is 592 g/mol. The van der Waals surface area contributed by atoms with Gasteiger partial charge in [0.2, 0.25) is 5.82 Å². The van der Waals surface area contributed by atoms with E-state index in [4.69, 9.17) is 30.5 Å². The van der Waals surface area contributed by atoms with Crippen LogP contribution in [0, 0.1) is 6.92 Å². The van der Waals surface area contributed by atoms with Gasteiger partial charge in [0.25, 0.3) is 11.5 Å². The molecule has 1 amide bonds. The predicted molar refractivity (Wildman–Crippen MR) is 168 cm³/mol. The van der Waals surface area contributed by atoms with Gasteiger partial charge in [-0.25, -0.2) is 4.98 Å². The SMILES string of the molecule is COc1cc(C=Nn2c(-c3cc4ccccc4o3)nc3ccccc3c2=O)cc(Cl)c1OCC(=O)Nc1ccccc1C. The van der Waals surface area contributed by atoms with Crippen LogP contribution in [0.5, 0.6) is 11.5 Å². The molecule has 0 aliphatic rings. The molecule has 4 aromatic carbocycles. The van der Waals surface area contributed by atoms with E-state index in [2.05, 4.69) is 10.4 Å². The molecule has 2 aromatic heterocycles. The molecule has 0 saturated heterocycles. The summed E-state index contributed by atoms with van der Waals surface area (Å²) in [6.07, 6.45) is 1.47. The summed E-state index contributed by atoms with van der Waals surface area (Å²) in [4.78, 5) is 30.8. The second-order valence-electron chi connectivity index (χ2n) is 9.65. The molecule has 0 unspecified atom stereocenters. The van der Waals surface area contributed by atoms with Crippen LogP contribution in [0.2, 0.25) is 5.02 Å². The smallest absolute Gasteiger partial charge is 0.282 e. The molecular formula is C33H25ClN4O5. The molecule has 0 atom stereocenters. The number of aromatic nitrogens is 2. The third kappa shape index (κ3) is 5.71. The summed E-state index contributed by atoms with van der Waals surface area (Å²) in [7, 11) is 1.46. The Hall–Kier alpha value is -5.41. The number of rotatable bonds is 8. The summed E-state index contributed by atoms with van der Waals surface area (Å²) in [5, 5.41) is 8.78. The minimum absolute atomic E-state index is 0.200. The van der Waals surface area contributed by atoms with Gasteiger partial charge >= 0.3 is 0 Å². The van der Waals surface area contributed by atoms with Crippen LogP contribution in [0.15, 0.2) is 105 Å². The highest BCUT2D eigenvalue weighted by Gasteiger charge is 2.17. The van der Waals surface area contributed by atoms with Crippen LogP contribution in [0.4, 0.5) is 5.69 Å². The van der Waals surface area contributed by atoms with Gasteiger partial charge in [0.05, 0.1) is 29.2 Å². The number of aryl methyl sites for hydroxylation is 1. The van der Waals surface area contributed by atoms with Crippen LogP contribution in [-0.4, -0.2) is 35.5 Å². The highest BCUT2D eigenvalue weighted by atomic mass is 35.5. The van der Waals surface area contributed by atoms with Gasteiger partial charge in [-0.1, -0.05) is 60.1 Å². The van der Waals surface area contributed by atoms with E-state index in [-0.39, 0.29) is 34.7 Å². The van der Waals surface area contributed by atoms with Crippen LogP contribution in [0.1, 0.15) is 11.1 Å². The van der Waals surface area contributed by atoms with E-state index in [0.29, 0.717) is 39.2 Å². The zero-order valence-corrected chi connectivity index (χ0v) is 24.0. The summed E-state index contributed by atoms with van der Waals surface area (Å²) in [5.41, 5.74) is 2.96. The van der Waals surface area contributed by atoms with Crippen molar-refractivity contribution in [2.24, 2.45) is 5.10 Å². The van der Waals surface area contributed by atoms with Gasteiger partial charge in [-0.2, -0.15) is 9.78 Å². The third-order valence-corrected chi connectivity index (χ3v) is 7.02. The maximum absolute atomic E-state index is 13.6. The standard InChI is InChI=1S/C33H25ClN4O5/c1-20-9-3-6-12-25(20)36-30(39)19-42-31-24(34)15-21(16-28(31)41-2)18-35-38-32(29-17-22-10-4-8-14-27(22)43-29)37-26-13-7-5-11-23(26)33(38)40/h3-18H,19H2,1-2H3,(H,36,39). The van der Waals surface area contributed by atoms with E-state index in [0.717, 1.165) is 10.9 Å². The van der Waals surface area contributed by atoms with E-state index in [9.17, 15) is 9.59 Å². The number of benzene rings is 4. The van der Waals surface area contributed by atoms with Crippen LogP contribution < -0.4 is 20.3 Å². The number of hydrogen-bond acceptors (Lipinski definition) is 7. The average molecular weight is 593 g/mol. The number of amides is 1. The Morgan fingerprint density at radius 2 is 1.81 bits per heavy atom. The fourth-order valence-electron chi connectivity index (χ4n) is 4.60. The van der Waals surface area contributed by atoms with Crippen molar-refractivity contribution in [1.29, 1.82) is 0 Å². The zero-order valence-electron chi connectivity index (χ0n) is 23.2. The maximum atomic E-state index is 13.6. The molecule has 2 heterocycles. The van der Waals surface area contributed by atoms with E-state index in [1.54, 1.807) is 30.3 Å². The highest BCUT2D eigenvalue weighted by Crippen LogP contribution is 2.36. The fraction of sp³-hybridized carbons (Fsp3) is 0.0909. The number of nitrogens with one attached hydrogen (secondary N) is 1. The minimum Gasteiger partial charge on any atom is -0.493 e. The van der Waals surface area contributed by atoms with E-state index in [1.165, 1.54) is 18.0 Å². The Kier molecular flexibility index (Phi) is 7.63. The molecule has 0 fully saturated rings. The number of ether oxygens (including phenoxy) is 2. The predicted octanol–water partition coefficient (Wildman–Crippen LogP) is 6.68. The maximum Gasteiger partial charge on any atom is 0.282 e. The number of furan rings is 1. The quantitative estimate of drug-likeness (QED) is 0.198. The van der Waals surface area contributed by atoms with Crippen LogP contribution >= 0.6 is 11.6 Å². The topological polar surface area (TPSA) is 108 Å². The van der Waals surface area contributed by atoms with Gasteiger partial charge in [0.1, 0.15) is 5.58 Å². The first kappa shape index (κ1) is 27.7. The number of nitrogens with zero attached hydrogens (tertiary/aromatic N) is 3. The van der Waals surface area contributed by atoms with Crippen molar-refractivity contribution in [2.75, 3.05) is 19.0 Å². The first-order valence-electron chi connectivity index (χ1n) is 13.3. The van der Waals surface area contributed by atoms with Crippen LogP contribution in [0.3, 0.4) is 0 Å². The van der Waals surface area contributed by atoms with Crippen molar-refractivity contribution in [1.82, 2.24) is 9.66 Å². The van der Waals surface area contributed by atoms with Gasteiger partial charge < -0.3 is 19.2 Å². The Labute approximate surface area is 251 Å². The van der Waals surface area contributed by atoms with Gasteiger partial charge in [-0.15, -0.1) is 0 Å². The van der Waals surface area contributed by atoms with E-state index in [1.807, 2.05) is 67.6 Å². The molecular weight excluding hydrogens is 568 g/mol. The molecule has 214 valence electrons. The number of hydrogen-bond donors (Lipinski definition) is 1. The Morgan fingerprint density at radius 1 is 1.05 bits per heavy atom. The van der Waals surface area contributed by atoms with Crippen LogP contribution in [-0.2, 0) is 4.79 Å². The van der Waals surface area contributed by atoms with Crippen molar-refractivity contribution in [3.63, 3.8) is 0 Å². The number of carbonyl (C=O) groups is 1. The summed E-state index contributed by atoms with van der Waals surface area (Å²) < 4.78 is 18.5. The van der Waals surface area contributed by atoms with Crippen molar-refractivity contribution < 1.29 is 18.7 Å². The number of anilines is 1. The molecule has 6 rings (SSSR count). The third-order valence-electron chi connectivity index (χ3n) is 6.74. The fourth-order valence-corrected chi connectivity index (χ4v) is 4.87. The number of para-hydroxylation sites is 3. The molecule has 0 aliphatic heterocycles. The number of carbonyl (C=O) groups excluding carboxylic acids is 1. The molecule has 0 saturated carbocycles. The largest absolute Gasteiger partial charge is 0.493 e. The second kappa shape index (κ2) is 11.8. The lowest BCUT2D eigenvalue weighted by Crippen LogP contribution is -2.21. The first-order chi connectivity index (χ1) is 20.9. The lowest BCUT2D eigenvalue weighted by atomic mass is 10.2. The lowest BCUT2D eigenvalue weighted by Gasteiger charge is -2.14. The molecule has 9 nitrogen and oxygen atoms in total.